The Morgan fingerprint density at radius 3 is 2.75 bits per heavy atom. The molecule has 0 fully saturated rings. The van der Waals surface area contributed by atoms with E-state index in [2.05, 4.69) is 16.8 Å². The van der Waals surface area contributed by atoms with Gasteiger partial charge in [-0.2, -0.15) is 0 Å². The molecular formula is C12H21N3O. The summed E-state index contributed by atoms with van der Waals surface area (Å²) in [6.45, 7) is 9.23. The Labute approximate surface area is 97.4 Å². The number of rotatable bonds is 6. The Kier molecular flexibility index (Phi) is 5.05. The first-order valence-corrected chi connectivity index (χ1v) is 5.73. The maximum Gasteiger partial charge on any atom is 0.151 e. The summed E-state index contributed by atoms with van der Waals surface area (Å²) in [6.07, 6.45) is 1.84. The van der Waals surface area contributed by atoms with Crippen molar-refractivity contribution in [2.24, 2.45) is 0 Å². The van der Waals surface area contributed by atoms with Gasteiger partial charge in [-0.25, -0.2) is 4.98 Å². The number of aryl methyl sites for hydroxylation is 1. The highest BCUT2D eigenvalue weighted by Gasteiger charge is 2.09. The molecule has 0 radical (unpaired) electrons. The van der Waals surface area contributed by atoms with E-state index in [0.29, 0.717) is 6.61 Å². The normalized spacial score (nSPS) is 10.4. The monoisotopic (exact) mass is 223 g/mol. The molecule has 0 aliphatic heterocycles. The van der Waals surface area contributed by atoms with E-state index in [9.17, 15) is 0 Å². The number of hydrogen-bond acceptors (Lipinski definition) is 4. The minimum absolute atomic E-state index is 0.708. The van der Waals surface area contributed by atoms with Crippen LogP contribution in [0, 0.1) is 6.92 Å². The molecule has 4 nitrogen and oxygen atoms in total. The van der Waals surface area contributed by atoms with E-state index in [4.69, 9.17) is 10.5 Å². The van der Waals surface area contributed by atoms with E-state index < -0.39 is 0 Å². The summed E-state index contributed by atoms with van der Waals surface area (Å²) in [7, 11) is 0. The zero-order chi connectivity index (χ0) is 12.0. The fraction of sp³-hybridized carbons (Fsp3) is 0.583. The summed E-state index contributed by atoms with van der Waals surface area (Å²) in [5.41, 5.74) is 7.78. The van der Waals surface area contributed by atoms with Crippen LogP contribution in [0.25, 0.3) is 0 Å². The average Bonchev–Trinajstić information content (AvgIpc) is 2.26. The van der Waals surface area contributed by atoms with Gasteiger partial charge in [0.2, 0.25) is 0 Å². The van der Waals surface area contributed by atoms with E-state index in [0.717, 1.165) is 36.8 Å². The molecular weight excluding hydrogens is 202 g/mol. The van der Waals surface area contributed by atoms with E-state index in [1.807, 2.05) is 26.1 Å². The number of aromatic nitrogens is 1. The number of anilines is 2. The lowest BCUT2D eigenvalue weighted by Crippen LogP contribution is -2.28. The van der Waals surface area contributed by atoms with E-state index in [-0.39, 0.29) is 0 Å². The molecule has 0 saturated heterocycles. The fourth-order valence-electron chi connectivity index (χ4n) is 1.58. The van der Waals surface area contributed by atoms with Gasteiger partial charge in [-0.05, 0) is 32.4 Å². The van der Waals surface area contributed by atoms with Crippen molar-refractivity contribution in [3.63, 3.8) is 0 Å². The minimum Gasteiger partial charge on any atom is -0.396 e. The topological polar surface area (TPSA) is 51.4 Å². The second-order valence-electron chi connectivity index (χ2n) is 3.70. The maximum atomic E-state index is 5.96. The van der Waals surface area contributed by atoms with Crippen LogP contribution >= 0.6 is 0 Å². The van der Waals surface area contributed by atoms with Gasteiger partial charge in [0, 0.05) is 25.9 Å². The standard InChI is InChI=1S/C12H21N3O/c1-4-15(6-7-16-5-2)12-11(13)8-10(3)9-14-12/h8-9H,4-7,13H2,1-3H3. The lowest BCUT2D eigenvalue weighted by molar-refractivity contribution is 0.154. The Morgan fingerprint density at radius 2 is 2.19 bits per heavy atom. The number of pyridine rings is 1. The first kappa shape index (κ1) is 12.8. The molecule has 0 saturated carbocycles. The van der Waals surface area contributed by atoms with Crippen LogP contribution in [0.3, 0.4) is 0 Å². The predicted octanol–water partition coefficient (Wildman–Crippen LogP) is 1.84. The molecule has 1 aromatic heterocycles. The SMILES string of the molecule is CCOCCN(CC)c1ncc(C)cc1N. The number of nitrogens with two attached hydrogens (primary N) is 1. The van der Waals surface area contributed by atoms with Crippen LogP contribution in [0.1, 0.15) is 19.4 Å². The number of ether oxygens (including phenoxy) is 1. The van der Waals surface area contributed by atoms with Crippen LogP contribution in [0.2, 0.25) is 0 Å². The molecule has 2 N–H and O–H groups in total. The molecule has 1 aromatic rings. The van der Waals surface area contributed by atoms with Gasteiger partial charge in [-0.1, -0.05) is 0 Å². The molecule has 1 heterocycles. The number of nitrogen functional groups attached to an aromatic ring is 1. The quantitative estimate of drug-likeness (QED) is 0.748. The van der Waals surface area contributed by atoms with Gasteiger partial charge in [0.25, 0.3) is 0 Å². The molecule has 0 amide bonds. The van der Waals surface area contributed by atoms with Gasteiger partial charge in [-0.3, -0.25) is 0 Å². The summed E-state index contributed by atoms with van der Waals surface area (Å²) < 4.78 is 5.34. The van der Waals surface area contributed by atoms with Crippen molar-refractivity contribution in [3.05, 3.63) is 17.8 Å². The Bertz CT molecular complexity index is 328. The summed E-state index contributed by atoms with van der Waals surface area (Å²) in [5.74, 6) is 0.854. The molecule has 1 rings (SSSR count). The molecule has 0 aromatic carbocycles. The van der Waals surface area contributed by atoms with Crippen molar-refractivity contribution in [3.8, 4) is 0 Å². The fourth-order valence-corrected chi connectivity index (χ4v) is 1.58. The van der Waals surface area contributed by atoms with Crippen molar-refractivity contribution in [1.29, 1.82) is 0 Å². The molecule has 0 bridgehead atoms. The molecule has 0 spiro atoms. The molecule has 90 valence electrons. The Hall–Kier alpha value is -1.29. The highest BCUT2D eigenvalue weighted by Crippen LogP contribution is 2.20. The first-order chi connectivity index (χ1) is 7.69. The van der Waals surface area contributed by atoms with Crippen molar-refractivity contribution >= 4 is 11.5 Å². The van der Waals surface area contributed by atoms with E-state index in [1.165, 1.54) is 0 Å². The lowest BCUT2D eigenvalue weighted by Gasteiger charge is -2.23. The van der Waals surface area contributed by atoms with Crippen LogP contribution in [-0.2, 0) is 4.74 Å². The number of nitrogens with zero attached hydrogens (tertiary/aromatic N) is 2. The lowest BCUT2D eigenvalue weighted by atomic mass is 10.2. The molecule has 0 aliphatic rings. The van der Waals surface area contributed by atoms with Gasteiger partial charge in [0.05, 0.1) is 12.3 Å². The van der Waals surface area contributed by atoms with Crippen LogP contribution in [-0.4, -0.2) is 31.3 Å². The highest BCUT2D eigenvalue weighted by atomic mass is 16.5. The third kappa shape index (κ3) is 3.38. The second-order valence-corrected chi connectivity index (χ2v) is 3.70. The maximum absolute atomic E-state index is 5.96. The minimum atomic E-state index is 0.708. The van der Waals surface area contributed by atoms with Crippen molar-refractivity contribution in [2.75, 3.05) is 36.9 Å². The number of hydrogen-bond donors (Lipinski definition) is 1. The van der Waals surface area contributed by atoms with Gasteiger partial charge in [-0.15, -0.1) is 0 Å². The smallest absolute Gasteiger partial charge is 0.151 e. The van der Waals surface area contributed by atoms with Crippen LogP contribution in [0.5, 0.6) is 0 Å². The third-order valence-electron chi connectivity index (χ3n) is 2.42. The largest absolute Gasteiger partial charge is 0.396 e. The van der Waals surface area contributed by atoms with E-state index >= 15 is 0 Å². The van der Waals surface area contributed by atoms with E-state index in [1.54, 1.807) is 0 Å². The average molecular weight is 223 g/mol. The summed E-state index contributed by atoms with van der Waals surface area (Å²) in [6, 6.07) is 1.95. The third-order valence-corrected chi connectivity index (χ3v) is 2.42. The van der Waals surface area contributed by atoms with Crippen molar-refractivity contribution in [2.45, 2.75) is 20.8 Å². The summed E-state index contributed by atoms with van der Waals surface area (Å²) >= 11 is 0. The number of likely N-dealkylation sites (N-methyl/N-ethyl adjacent to an activating group) is 1. The van der Waals surface area contributed by atoms with Crippen LogP contribution < -0.4 is 10.6 Å². The van der Waals surface area contributed by atoms with Crippen molar-refractivity contribution in [1.82, 2.24) is 4.98 Å². The zero-order valence-electron chi connectivity index (χ0n) is 10.4. The molecule has 0 unspecified atom stereocenters. The molecule has 16 heavy (non-hydrogen) atoms. The van der Waals surface area contributed by atoms with Gasteiger partial charge < -0.3 is 15.4 Å². The van der Waals surface area contributed by atoms with Crippen LogP contribution in [0.4, 0.5) is 11.5 Å². The Balaban J connectivity index is 2.70. The second kappa shape index (κ2) is 6.33. The molecule has 4 heteroatoms. The zero-order valence-corrected chi connectivity index (χ0v) is 10.4. The predicted molar refractivity (Wildman–Crippen MR) is 67.8 cm³/mol. The highest BCUT2D eigenvalue weighted by molar-refractivity contribution is 5.63. The van der Waals surface area contributed by atoms with Gasteiger partial charge in [0.1, 0.15) is 0 Å². The first-order valence-electron chi connectivity index (χ1n) is 5.73. The molecule has 0 atom stereocenters. The summed E-state index contributed by atoms with van der Waals surface area (Å²) in [4.78, 5) is 6.50. The molecule has 0 aliphatic carbocycles. The van der Waals surface area contributed by atoms with Gasteiger partial charge >= 0.3 is 0 Å². The van der Waals surface area contributed by atoms with Gasteiger partial charge in [0.15, 0.2) is 5.82 Å². The van der Waals surface area contributed by atoms with Crippen LogP contribution in [0.15, 0.2) is 12.3 Å². The Morgan fingerprint density at radius 1 is 1.44 bits per heavy atom. The van der Waals surface area contributed by atoms with Crippen molar-refractivity contribution < 1.29 is 4.74 Å². The summed E-state index contributed by atoms with van der Waals surface area (Å²) in [5, 5.41) is 0.